The van der Waals surface area contributed by atoms with Gasteiger partial charge < -0.3 is 15.1 Å². The Balaban J connectivity index is 1.16. The van der Waals surface area contributed by atoms with Gasteiger partial charge in [0.25, 0.3) is 0 Å². The molecular formula is C25H33F3N6O. The number of halogens is 3. The van der Waals surface area contributed by atoms with Gasteiger partial charge in [-0.2, -0.15) is 13.2 Å². The van der Waals surface area contributed by atoms with Crippen LogP contribution in [-0.4, -0.2) is 71.1 Å². The molecule has 2 aliphatic heterocycles. The van der Waals surface area contributed by atoms with Crippen molar-refractivity contribution in [3.8, 4) is 0 Å². The summed E-state index contributed by atoms with van der Waals surface area (Å²) in [5.74, 6) is 1.01. The van der Waals surface area contributed by atoms with Crippen LogP contribution in [0.1, 0.15) is 37.4 Å². The van der Waals surface area contributed by atoms with Crippen LogP contribution in [0.25, 0.3) is 0 Å². The molecule has 35 heavy (non-hydrogen) atoms. The van der Waals surface area contributed by atoms with Gasteiger partial charge in [-0.3, -0.25) is 4.90 Å². The Morgan fingerprint density at radius 2 is 1.80 bits per heavy atom. The van der Waals surface area contributed by atoms with E-state index < -0.39 is 11.9 Å². The van der Waals surface area contributed by atoms with Crippen LogP contribution >= 0.6 is 0 Å². The molecule has 0 aliphatic carbocycles. The van der Waals surface area contributed by atoms with Crippen molar-refractivity contribution in [3.05, 3.63) is 54.0 Å². The number of amides is 2. The molecule has 0 spiro atoms. The molecule has 2 fully saturated rings. The van der Waals surface area contributed by atoms with Crippen molar-refractivity contribution in [2.24, 2.45) is 5.92 Å². The van der Waals surface area contributed by atoms with Gasteiger partial charge in [0.15, 0.2) is 5.69 Å². The summed E-state index contributed by atoms with van der Waals surface area (Å²) >= 11 is 0. The molecule has 2 amide bonds. The molecule has 0 unspecified atom stereocenters. The number of piperazine rings is 1. The summed E-state index contributed by atoms with van der Waals surface area (Å²) in [5.41, 5.74) is 0.340. The number of benzene rings is 1. The second-order valence-electron chi connectivity index (χ2n) is 9.47. The van der Waals surface area contributed by atoms with Crippen molar-refractivity contribution >= 4 is 11.8 Å². The molecule has 7 nitrogen and oxygen atoms in total. The zero-order valence-corrected chi connectivity index (χ0v) is 20.0. The molecule has 2 aromatic rings. The van der Waals surface area contributed by atoms with E-state index in [4.69, 9.17) is 0 Å². The Bertz CT molecular complexity index is 948. The van der Waals surface area contributed by atoms with Crippen LogP contribution < -0.4 is 10.2 Å². The van der Waals surface area contributed by atoms with Crippen molar-refractivity contribution in [1.82, 2.24) is 25.1 Å². The summed E-state index contributed by atoms with van der Waals surface area (Å²) in [6.45, 7) is 7.22. The Morgan fingerprint density at radius 3 is 2.43 bits per heavy atom. The zero-order chi connectivity index (χ0) is 24.8. The smallest absolute Gasteiger partial charge is 0.352 e. The molecule has 1 atom stereocenters. The highest BCUT2D eigenvalue weighted by atomic mass is 19.4. The topological polar surface area (TPSA) is 64.6 Å². The van der Waals surface area contributed by atoms with Gasteiger partial charge in [-0.25, -0.2) is 14.8 Å². The van der Waals surface area contributed by atoms with Crippen molar-refractivity contribution in [3.63, 3.8) is 0 Å². The minimum absolute atomic E-state index is 0.0860. The number of aromatic nitrogens is 2. The summed E-state index contributed by atoms with van der Waals surface area (Å²) in [7, 11) is 0. The second kappa shape index (κ2) is 11.2. The molecule has 0 saturated carbocycles. The molecule has 10 heteroatoms. The van der Waals surface area contributed by atoms with E-state index in [1.165, 1.54) is 5.56 Å². The van der Waals surface area contributed by atoms with Crippen LogP contribution in [0, 0.1) is 5.92 Å². The van der Waals surface area contributed by atoms with Gasteiger partial charge in [-0.15, -0.1) is 0 Å². The van der Waals surface area contributed by atoms with Crippen molar-refractivity contribution in [1.29, 1.82) is 0 Å². The Labute approximate surface area is 204 Å². The van der Waals surface area contributed by atoms with Gasteiger partial charge in [0, 0.05) is 38.8 Å². The van der Waals surface area contributed by atoms with Gasteiger partial charge in [0.1, 0.15) is 5.82 Å². The molecule has 2 saturated heterocycles. The highest BCUT2D eigenvalue weighted by Crippen LogP contribution is 2.28. The SMILES string of the molecule is C[C@@H]1CN(c2cnc(C(F)(F)F)cn2)CCN1C(=O)NCCC1CCN(Cc2ccccc2)CC1. The summed E-state index contributed by atoms with van der Waals surface area (Å²) in [6.07, 6.45) is 0.661. The lowest BCUT2D eigenvalue weighted by Crippen LogP contribution is -2.57. The normalized spacial score (nSPS) is 20.2. The minimum Gasteiger partial charge on any atom is -0.352 e. The number of likely N-dealkylation sites (tertiary alicyclic amines) is 1. The third-order valence-corrected chi connectivity index (χ3v) is 6.93. The number of carbonyl (C=O) groups excluding carboxylic acids is 1. The van der Waals surface area contributed by atoms with Crippen LogP contribution in [0.5, 0.6) is 0 Å². The van der Waals surface area contributed by atoms with Gasteiger partial charge in [0.05, 0.1) is 12.4 Å². The maximum Gasteiger partial charge on any atom is 0.434 e. The second-order valence-corrected chi connectivity index (χ2v) is 9.47. The van der Waals surface area contributed by atoms with Crippen LogP contribution in [0.15, 0.2) is 42.7 Å². The molecule has 190 valence electrons. The maximum atomic E-state index is 12.7. The molecule has 1 aromatic carbocycles. The lowest BCUT2D eigenvalue weighted by atomic mass is 9.93. The van der Waals surface area contributed by atoms with Gasteiger partial charge >= 0.3 is 12.2 Å². The van der Waals surface area contributed by atoms with Gasteiger partial charge in [-0.1, -0.05) is 30.3 Å². The van der Waals surface area contributed by atoms with Crippen LogP contribution in [-0.2, 0) is 12.7 Å². The molecule has 1 N–H and O–H groups in total. The predicted octanol–water partition coefficient (Wildman–Crippen LogP) is 4.02. The monoisotopic (exact) mass is 490 g/mol. The van der Waals surface area contributed by atoms with Gasteiger partial charge in [-0.05, 0) is 50.8 Å². The maximum absolute atomic E-state index is 12.7. The molecule has 3 heterocycles. The number of carbonyl (C=O) groups is 1. The van der Waals surface area contributed by atoms with Gasteiger partial charge in [0.2, 0.25) is 0 Å². The summed E-state index contributed by atoms with van der Waals surface area (Å²) in [5, 5.41) is 3.06. The Kier molecular flexibility index (Phi) is 8.10. The number of nitrogens with zero attached hydrogens (tertiary/aromatic N) is 5. The molecule has 0 radical (unpaired) electrons. The quantitative estimate of drug-likeness (QED) is 0.663. The molecule has 0 bridgehead atoms. The standard InChI is InChI=1S/C25H33F3N6O/c1-19-17-33(23-16-30-22(15-31-23)25(26,27)28)13-14-34(19)24(35)29-10-7-20-8-11-32(12-9-20)18-21-5-3-2-4-6-21/h2-6,15-16,19-20H,7-14,17-18H2,1H3,(H,29,35)/t19-/m1/s1. The molecule has 4 rings (SSSR count). The number of nitrogens with one attached hydrogen (secondary N) is 1. The van der Waals surface area contributed by atoms with E-state index in [2.05, 4.69) is 44.5 Å². The van der Waals surface area contributed by atoms with Crippen LogP contribution in [0.3, 0.4) is 0 Å². The summed E-state index contributed by atoms with van der Waals surface area (Å²) in [4.78, 5) is 26.3. The predicted molar refractivity (Wildman–Crippen MR) is 128 cm³/mol. The highest BCUT2D eigenvalue weighted by molar-refractivity contribution is 5.74. The average Bonchev–Trinajstić information content (AvgIpc) is 2.85. The third-order valence-electron chi connectivity index (χ3n) is 6.93. The third kappa shape index (κ3) is 6.84. The largest absolute Gasteiger partial charge is 0.434 e. The fourth-order valence-corrected chi connectivity index (χ4v) is 4.86. The van der Waals surface area contributed by atoms with E-state index >= 15 is 0 Å². The number of rotatable bonds is 6. The number of hydrogen-bond donors (Lipinski definition) is 1. The fraction of sp³-hybridized carbons (Fsp3) is 0.560. The van der Waals surface area contributed by atoms with E-state index in [9.17, 15) is 18.0 Å². The lowest BCUT2D eigenvalue weighted by molar-refractivity contribution is -0.141. The van der Waals surface area contributed by atoms with Crippen molar-refractivity contribution < 1.29 is 18.0 Å². The average molecular weight is 491 g/mol. The number of urea groups is 1. The van der Waals surface area contributed by atoms with E-state index in [0.29, 0.717) is 37.9 Å². The highest BCUT2D eigenvalue weighted by Gasteiger charge is 2.34. The fourth-order valence-electron chi connectivity index (χ4n) is 4.86. The van der Waals surface area contributed by atoms with E-state index in [0.717, 1.165) is 51.3 Å². The first-order valence-electron chi connectivity index (χ1n) is 12.2. The van der Waals surface area contributed by atoms with E-state index in [1.54, 1.807) is 4.90 Å². The minimum atomic E-state index is -4.51. The first-order valence-corrected chi connectivity index (χ1v) is 12.2. The molecular weight excluding hydrogens is 457 g/mol. The first-order chi connectivity index (χ1) is 16.8. The van der Waals surface area contributed by atoms with Crippen molar-refractivity contribution in [2.45, 2.75) is 44.9 Å². The Hall–Kier alpha value is -2.88. The first kappa shape index (κ1) is 25.2. The van der Waals surface area contributed by atoms with Crippen molar-refractivity contribution in [2.75, 3.05) is 44.2 Å². The summed E-state index contributed by atoms with van der Waals surface area (Å²) in [6, 6.07) is 10.4. The number of hydrogen-bond acceptors (Lipinski definition) is 5. The van der Waals surface area contributed by atoms with E-state index in [1.807, 2.05) is 17.9 Å². The Morgan fingerprint density at radius 1 is 1.06 bits per heavy atom. The lowest BCUT2D eigenvalue weighted by Gasteiger charge is -2.40. The number of anilines is 1. The van der Waals surface area contributed by atoms with Crippen LogP contribution in [0.4, 0.5) is 23.8 Å². The zero-order valence-electron chi connectivity index (χ0n) is 20.0. The summed E-state index contributed by atoms with van der Waals surface area (Å²) < 4.78 is 38.1. The molecule has 1 aromatic heterocycles. The van der Waals surface area contributed by atoms with Crippen LogP contribution in [0.2, 0.25) is 0 Å². The number of piperidine rings is 1. The molecule has 2 aliphatic rings. The van der Waals surface area contributed by atoms with E-state index in [-0.39, 0.29) is 12.1 Å². The number of alkyl halides is 3.